The number of carbonyl (C=O) groups excluding carboxylic acids is 2. The summed E-state index contributed by atoms with van der Waals surface area (Å²) in [5, 5.41) is 2.71. The van der Waals surface area contributed by atoms with Crippen molar-refractivity contribution in [2.24, 2.45) is 11.8 Å². The molecule has 3 N–H and O–H groups in total. The quantitative estimate of drug-likeness (QED) is 0.162. The van der Waals surface area contributed by atoms with Gasteiger partial charge in [-0.1, -0.05) is 38.1 Å². The van der Waals surface area contributed by atoms with E-state index >= 15 is 0 Å². The minimum Gasteiger partial charge on any atom is -0.488 e. The molecule has 268 valence electrons. The van der Waals surface area contributed by atoms with E-state index in [0.29, 0.717) is 31.2 Å². The number of carbonyl (C=O) groups is 2. The zero-order valence-corrected chi connectivity index (χ0v) is 30.1. The number of nitrogens with zero attached hydrogens (tertiary/aromatic N) is 4. The minimum atomic E-state index is -0.675. The first kappa shape index (κ1) is 32.7. The Morgan fingerprint density at radius 2 is 1.77 bits per heavy atom. The summed E-state index contributed by atoms with van der Waals surface area (Å²) in [4.78, 5) is 46.8. The topological polar surface area (TPSA) is 128 Å². The number of likely N-dealkylation sites (tertiary alicyclic amines) is 2. The molecule has 2 bridgehead atoms. The van der Waals surface area contributed by atoms with Gasteiger partial charge in [0.2, 0.25) is 5.91 Å². The Bertz CT molecular complexity index is 2190. The number of piperidine rings is 1. The standard InChI is InChI=1S/C41H45N7O4/c1-22(2)36(46-41(50)51-4)40(49)48-15-5-6-34(48)38-42-20-33(45-38)25-9-13-30-29-12-8-23(16-27(29)21-52-35(30)19-25)24-10-14-31-32(18-24)44-39(43-31)37-26-7-11-28(17-26)47(37)3/h8-10,12-14,16,18-20,22,26,28,34,36-37H,5-7,11,15,17,21H2,1-4H3,(H,42,45)(H,43,44)(H,46,50)/t26?,28?,34-,36-,37?/m0/s1. The van der Waals surface area contributed by atoms with Crippen LogP contribution in [0.4, 0.5) is 4.79 Å². The van der Waals surface area contributed by atoms with Crippen molar-refractivity contribution in [1.82, 2.24) is 35.1 Å². The molecule has 3 aliphatic heterocycles. The first-order valence-corrected chi connectivity index (χ1v) is 18.6. The predicted octanol–water partition coefficient (Wildman–Crippen LogP) is 7.38. The second kappa shape index (κ2) is 12.8. The van der Waals surface area contributed by atoms with Crippen LogP contribution >= 0.6 is 0 Å². The number of hydrogen-bond acceptors (Lipinski definition) is 7. The van der Waals surface area contributed by atoms with Gasteiger partial charge in [-0.3, -0.25) is 9.69 Å². The van der Waals surface area contributed by atoms with Crippen LogP contribution in [0, 0.1) is 11.8 Å². The van der Waals surface area contributed by atoms with Gasteiger partial charge in [0.15, 0.2) is 0 Å². The van der Waals surface area contributed by atoms with Gasteiger partial charge in [-0.25, -0.2) is 14.8 Å². The molecule has 2 amide bonds. The molecule has 9 rings (SSSR count). The molecule has 5 heterocycles. The molecule has 0 spiro atoms. The van der Waals surface area contributed by atoms with Gasteiger partial charge in [0.1, 0.15) is 30.0 Å². The lowest BCUT2D eigenvalue weighted by Gasteiger charge is -2.30. The fourth-order valence-corrected chi connectivity index (χ4v) is 9.16. The molecule has 2 saturated heterocycles. The summed E-state index contributed by atoms with van der Waals surface area (Å²) < 4.78 is 11.1. The van der Waals surface area contributed by atoms with Gasteiger partial charge in [-0.15, -0.1) is 0 Å². The molecule has 1 saturated carbocycles. The second-order valence-electron chi connectivity index (χ2n) is 15.3. The van der Waals surface area contributed by atoms with Crippen LogP contribution in [-0.4, -0.2) is 74.5 Å². The number of aromatic amines is 2. The molecule has 52 heavy (non-hydrogen) atoms. The molecular formula is C41H45N7O4. The Hall–Kier alpha value is -5.16. The van der Waals surface area contributed by atoms with Crippen molar-refractivity contribution in [3.8, 4) is 39.3 Å². The summed E-state index contributed by atoms with van der Waals surface area (Å²) in [6.07, 6.45) is 6.77. The van der Waals surface area contributed by atoms with Crippen LogP contribution in [0.1, 0.15) is 75.2 Å². The summed E-state index contributed by atoms with van der Waals surface area (Å²) in [5.41, 5.74) is 9.63. The van der Waals surface area contributed by atoms with Crippen LogP contribution in [0.25, 0.3) is 44.5 Å². The third-order valence-electron chi connectivity index (χ3n) is 11.9. The Labute approximate surface area is 303 Å². The highest BCUT2D eigenvalue weighted by molar-refractivity contribution is 5.87. The number of fused-ring (bicyclic) bond motifs is 6. The van der Waals surface area contributed by atoms with Crippen molar-refractivity contribution in [3.63, 3.8) is 0 Å². The Morgan fingerprint density at radius 3 is 2.58 bits per heavy atom. The summed E-state index contributed by atoms with van der Waals surface area (Å²) in [6, 6.07) is 19.7. The van der Waals surface area contributed by atoms with E-state index in [0.717, 1.165) is 74.8 Å². The second-order valence-corrected chi connectivity index (χ2v) is 15.3. The largest absolute Gasteiger partial charge is 0.488 e. The zero-order valence-electron chi connectivity index (χ0n) is 30.1. The predicted molar refractivity (Wildman–Crippen MR) is 198 cm³/mol. The molecule has 4 aliphatic rings. The summed E-state index contributed by atoms with van der Waals surface area (Å²) in [5.74, 6) is 3.15. The molecule has 5 atom stereocenters. The van der Waals surface area contributed by atoms with Crippen LogP contribution in [0.3, 0.4) is 0 Å². The summed E-state index contributed by atoms with van der Waals surface area (Å²) in [6.45, 7) is 4.92. The van der Waals surface area contributed by atoms with Gasteiger partial charge in [0.05, 0.1) is 42.1 Å². The van der Waals surface area contributed by atoms with E-state index in [1.807, 2.05) is 24.9 Å². The van der Waals surface area contributed by atoms with Gasteiger partial charge in [-0.2, -0.15) is 0 Å². The number of H-pyrrole nitrogens is 2. The first-order valence-electron chi connectivity index (χ1n) is 18.6. The molecule has 1 aliphatic carbocycles. The maximum absolute atomic E-state index is 13.6. The first-order chi connectivity index (χ1) is 25.2. The van der Waals surface area contributed by atoms with E-state index in [1.54, 1.807) is 0 Å². The molecule has 11 heteroatoms. The molecule has 11 nitrogen and oxygen atoms in total. The number of methoxy groups -OCH3 is 1. The smallest absolute Gasteiger partial charge is 0.407 e. The molecule has 3 aromatic carbocycles. The Kier molecular flexibility index (Phi) is 8.06. The lowest BCUT2D eigenvalue weighted by Crippen LogP contribution is -2.51. The van der Waals surface area contributed by atoms with Gasteiger partial charge < -0.3 is 29.7 Å². The normalized spacial score (nSPS) is 22.8. The van der Waals surface area contributed by atoms with Crippen molar-refractivity contribution in [1.29, 1.82) is 0 Å². The highest BCUT2D eigenvalue weighted by Gasteiger charge is 2.46. The van der Waals surface area contributed by atoms with Crippen LogP contribution < -0.4 is 10.1 Å². The molecular weight excluding hydrogens is 654 g/mol. The lowest BCUT2D eigenvalue weighted by atomic mass is 9.92. The lowest BCUT2D eigenvalue weighted by molar-refractivity contribution is -0.135. The maximum atomic E-state index is 13.6. The van der Waals surface area contributed by atoms with Gasteiger partial charge in [-0.05, 0) is 104 Å². The molecule has 3 unspecified atom stereocenters. The van der Waals surface area contributed by atoms with Crippen molar-refractivity contribution < 1.29 is 19.1 Å². The van der Waals surface area contributed by atoms with E-state index in [4.69, 9.17) is 19.4 Å². The van der Waals surface area contributed by atoms with E-state index in [1.165, 1.54) is 31.9 Å². The molecule has 3 fully saturated rings. The summed E-state index contributed by atoms with van der Waals surface area (Å²) >= 11 is 0. The fraction of sp³-hybridized carbons (Fsp3) is 0.415. The van der Waals surface area contributed by atoms with Crippen LogP contribution in [0.2, 0.25) is 0 Å². The van der Waals surface area contributed by atoms with E-state index in [2.05, 4.69) is 81.8 Å². The number of hydrogen-bond donors (Lipinski definition) is 3. The Morgan fingerprint density at radius 1 is 0.962 bits per heavy atom. The fourth-order valence-electron chi connectivity index (χ4n) is 9.16. The number of benzene rings is 3. The van der Waals surface area contributed by atoms with Gasteiger partial charge in [0, 0.05) is 23.7 Å². The number of imidazole rings is 2. The molecule has 5 aromatic rings. The number of amides is 2. The van der Waals surface area contributed by atoms with Crippen LogP contribution in [-0.2, 0) is 16.1 Å². The number of alkyl carbamates (subject to hydrolysis) is 1. The average Bonchev–Trinajstić information content (AvgIpc) is 4.01. The number of nitrogens with one attached hydrogen (secondary N) is 3. The monoisotopic (exact) mass is 699 g/mol. The van der Waals surface area contributed by atoms with Gasteiger partial charge >= 0.3 is 6.09 Å². The number of rotatable bonds is 7. The SMILES string of the molecule is COC(=O)N[C@H](C(=O)N1CCC[C@H]1c1ncc(-c2ccc3c(c2)OCc2cc(-c4ccc5nc(C6C7CCC(C7)N6C)[nH]c5c4)ccc2-3)[nH]1)C(C)C. The highest BCUT2D eigenvalue weighted by atomic mass is 16.5. The highest BCUT2D eigenvalue weighted by Crippen LogP contribution is 2.49. The van der Waals surface area contributed by atoms with Crippen molar-refractivity contribution in [2.45, 2.75) is 76.7 Å². The van der Waals surface area contributed by atoms with Crippen molar-refractivity contribution >= 4 is 23.0 Å². The third kappa shape index (κ3) is 5.53. The Balaban J connectivity index is 0.928. The minimum absolute atomic E-state index is 0.0918. The summed E-state index contributed by atoms with van der Waals surface area (Å²) in [7, 11) is 3.55. The number of aromatic nitrogens is 4. The van der Waals surface area contributed by atoms with Crippen LogP contribution in [0.15, 0.2) is 60.8 Å². The van der Waals surface area contributed by atoms with Crippen LogP contribution in [0.5, 0.6) is 5.75 Å². The van der Waals surface area contributed by atoms with E-state index in [9.17, 15) is 9.59 Å². The third-order valence-corrected chi connectivity index (χ3v) is 11.9. The number of ether oxygens (including phenoxy) is 2. The molecule has 0 radical (unpaired) electrons. The average molecular weight is 700 g/mol. The van der Waals surface area contributed by atoms with Crippen molar-refractivity contribution in [2.75, 3.05) is 20.7 Å². The van der Waals surface area contributed by atoms with E-state index in [-0.39, 0.29) is 17.9 Å². The van der Waals surface area contributed by atoms with Gasteiger partial charge in [0.25, 0.3) is 0 Å². The molecule has 2 aromatic heterocycles. The maximum Gasteiger partial charge on any atom is 0.407 e. The zero-order chi connectivity index (χ0) is 35.7. The van der Waals surface area contributed by atoms with E-state index < -0.39 is 12.1 Å². The van der Waals surface area contributed by atoms with Crippen molar-refractivity contribution in [3.05, 3.63) is 78.0 Å².